The van der Waals surface area contributed by atoms with E-state index in [-0.39, 0.29) is 0 Å². The van der Waals surface area contributed by atoms with E-state index in [1.165, 1.54) is 11.8 Å². The highest BCUT2D eigenvalue weighted by Crippen LogP contribution is 2.36. The van der Waals surface area contributed by atoms with Gasteiger partial charge >= 0.3 is 0 Å². The average molecular weight is 388 g/mol. The number of nitrogens with one attached hydrogen (secondary N) is 2. The molecule has 0 aromatic heterocycles. The molecule has 1 unspecified atom stereocenters. The molecule has 0 saturated carbocycles. The predicted molar refractivity (Wildman–Crippen MR) is 104 cm³/mol. The highest BCUT2D eigenvalue weighted by molar-refractivity contribution is 8.12. The molecule has 1 atom stereocenters. The van der Waals surface area contributed by atoms with Crippen LogP contribution in [0, 0.1) is 0 Å². The second kappa shape index (κ2) is 10.3. The van der Waals surface area contributed by atoms with Gasteiger partial charge in [0.05, 0.1) is 0 Å². The fourth-order valence-corrected chi connectivity index (χ4v) is 4.73. The Morgan fingerprint density at radius 1 is 1.10 bits per heavy atom. The average Bonchev–Trinajstić information content (AvgIpc) is 2.44. The number of hydrogen-bond acceptors (Lipinski definition) is 9. The fraction of sp³-hybridized carbons (Fsp3) is 0.818. The molecular weight excluding hydrogens is 366 g/mol. The van der Waals surface area contributed by atoms with E-state index in [2.05, 4.69) is 51.4 Å². The number of nitrogens with zero attached hydrogens (tertiary/aromatic N) is 3. The zero-order valence-electron chi connectivity index (χ0n) is 12.7. The van der Waals surface area contributed by atoms with Crippen LogP contribution < -0.4 is 10.0 Å². The molecule has 10 heteroatoms. The Balaban J connectivity index is 2.93. The summed E-state index contributed by atoms with van der Waals surface area (Å²) in [7, 11) is 0. The Morgan fingerprint density at radius 2 is 1.76 bits per heavy atom. The van der Waals surface area contributed by atoms with Crippen molar-refractivity contribution in [2.24, 2.45) is 9.98 Å². The van der Waals surface area contributed by atoms with Crippen molar-refractivity contribution in [2.75, 3.05) is 23.0 Å². The lowest BCUT2D eigenvalue weighted by Gasteiger charge is -2.30. The molecule has 0 spiro atoms. The van der Waals surface area contributed by atoms with Gasteiger partial charge in [-0.25, -0.2) is 3.71 Å². The summed E-state index contributed by atoms with van der Waals surface area (Å²) in [4.78, 5) is 9.04. The van der Waals surface area contributed by atoms with Crippen LogP contribution in [-0.4, -0.2) is 43.1 Å². The van der Waals surface area contributed by atoms with Gasteiger partial charge in [-0.15, -0.1) is 0 Å². The van der Waals surface area contributed by atoms with Gasteiger partial charge in [0.1, 0.15) is 0 Å². The first-order chi connectivity index (χ1) is 10.1. The van der Waals surface area contributed by atoms with Gasteiger partial charge in [-0.05, 0) is 29.6 Å². The van der Waals surface area contributed by atoms with E-state index in [0.29, 0.717) is 5.96 Å². The second-order valence-corrected chi connectivity index (χ2v) is 9.50. The number of halogens is 1. The minimum absolute atomic E-state index is 0.654. The molecule has 0 aromatic rings. The molecule has 1 rings (SSSR count). The highest BCUT2D eigenvalue weighted by Gasteiger charge is 2.33. The normalized spacial score (nSPS) is 21.4. The number of alkyl halides is 1. The number of hydrogen-bond donors (Lipinski definition) is 2. The van der Waals surface area contributed by atoms with E-state index < -0.39 is 4.45 Å². The third kappa shape index (κ3) is 6.60. The molecule has 1 aliphatic heterocycles. The molecule has 0 amide bonds. The van der Waals surface area contributed by atoms with E-state index in [1.54, 1.807) is 35.8 Å². The van der Waals surface area contributed by atoms with Crippen LogP contribution in [0.25, 0.3) is 0 Å². The Bertz CT molecular complexity index is 376. The summed E-state index contributed by atoms with van der Waals surface area (Å²) in [6.07, 6.45) is 0. The highest BCUT2D eigenvalue weighted by atomic mass is 35.5. The van der Waals surface area contributed by atoms with Crippen molar-refractivity contribution < 1.29 is 0 Å². The smallest absolute Gasteiger partial charge is 0.281 e. The van der Waals surface area contributed by atoms with Crippen LogP contribution in [0.4, 0.5) is 0 Å². The van der Waals surface area contributed by atoms with E-state index in [9.17, 15) is 0 Å². The SMILES string of the molecule is CCSNC1=NC(Cl)(SCC)N=C(N(SCC)SCC)N1. The van der Waals surface area contributed by atoms with Crippen molar-refractivity contribution in [1.29, 1.82) is 0 Å². The maximum absolute atomic E-state index is 6.54. The standard InChI is InChI=1S/C11H22ClN5S4/c1-5-18-11(12)14-9(16-19-6-2)13-10(15-11)17(20-7-3)21-8-4/h5-8H2,1-4H3,(H2,13,14,15,16). The van der Waals surface area contributed by atoms with Crippen molar-refractivity contribution in [3.63, 3.8) is 0 Å². The second-order valence-electron chi connectivity index (χ2n) is 3.61. The number of thioether (sulfide) groups is 1. The summed E-state index contributed by atoms with van der Waals surface area (Å²) in [6, 6.07) is 0. The van der Waals surface area contributed by atoms with Crippen LogP contribution >= 0.6 is 59.2 Å². The summed E-state index contributed by atoms with van der Waals surface area (Å²) in [5.74, 6) is 5.11. The van der Waals surface area contributed by atoms with Gasteiger partial charge < -0.3 is 0 Å². The summed E-state index contributed by atoms with van der Waals surface area (Å²) >= 11 is 13.0. The first-order valence-corrected chi connectivity index (χ1v) is 11.0. The van der Waals surface area contributed by atoms with Crippen molar-refractivity contribution >= 4 is 71.1 Å². The molecule has 0 radical (unpaired) electrons. The molecule has 5 nitrogen and oxygen atoms in total. The minimum atomic E-state index is -0.993. The maximum Gasteiger partial charge on any atom is 0.281 e. The summed E-state index contributed by atoms with van der Waals surface area (Å²) in [6.45, 7) is 8.37. The maximum atomic E-state index is 6.54. The largest absolute Gasteiger partial charge is 0.300 e. The van der Waals surface area contributed by atoms with E-state index in [4.69, 9.17) is 11.6 Å². The first-order valence-electron chi connectivity index (χ1n) is 6.81. The lowest BCUT2D eigenvalue weighted by molar-refractivity contribution is 0.817. The molecule has 1 aliphatic rings. The molecule has 1 heterocycles. The number of aliphatic imine (C=N–C) groups is 2. The van der Waals surface area contributed by atoms with Crippen molar-refractivity contribution in [3.8, 4) is 0 Å². The van der Waals surface area contributed by atoms with Crippen LogP contribution in [0.2, 0.25) is 0 Å². The van der Waals surface area contributed by atoms with Crippen molar-refractivity contribution in [3.05, 3.63) is 0 Å². The molecule has 0 aromatic carbocycles. The lowest BCUT2D eigenvalue weighted by Crippen LogP contribution is -2.48. The monoisotopic (exact) mass is 387 g/mol. The van der Waals surface area contributed by atoms with Gasteiger partial charge in [0.15, 0.2) is 0 Å². The topological polar surface area (TPSA) is 52.0 Å². The van der Waals surface area contributed by atoms with E-state index in [1.807, 2.05) is 0 Å². The zero-order chi connectivity index (χ0) is 15.7. The molecular formula is C11H22ClN5S4. The van der Waals surface area contributed by atoms with E-state index >= 15 is 0 Å². The quantitative estimate of drug-likeness (QED) is 0.373. The van der Waals surface area contributed by atoms with Gasteiger partial charge in [-0.1, -0.05) is 63.0 Å². The Morgan fingerprint density at radius 3 is 2.29 bits per heavy atom. The van der Waals surface area contributed by atoms with Crippen LogP contribution in [0.1, 0.15) is 27.7 Å². The summed E-state index contributed by atoms with van der Waals surface area (Å²) in [5.41, 5.74) is 0. The molecule has 0 fully saturated rings. The van der Waals surface area contributed by atoms with Crippen LogP contribution in [0.5, 0.6) is 0 Å². The van der Waals surface area contributed by atoms with Gasteiger partial charge in [-0.3, -0.25) is 10.0 Å². The zero-order valence-corrected chi connectivity index (χ0v) is 16.7. The van der Waals surface area contributed by atoms with Crippen molar-refractivity contribution in [1.82, 2.24) is 13.7 Å². The summed E-state index contributed by atoms with van der Waals surface area (Å²) < 4.78 is 4.26. The van der Waals surface area contributed by atoms with Crippen LogP contribution in [0.15, 0.2) is 9.98 Å². The molecule has 0 saturated heterocycles. The third-order valence-electron chi connectivity index (χ3n) is 2.03. The van der Waals surface area contributed by atoms with E-state index in [0.717, 1.165) is 29.0 Å². The lowest BCUT2D eigenvalue weighted by atomic mass is 10.8. The predicted octanol–water partition coefficient (Wildman–Crippen LogP) is 3.80. The fourth-order valence-electron chi connectivity index (χ4n) is 1.37. The molecule has 0 bridgehead atoms. The van der Waals surface area contributed by atoms with Gasteiger partial charge in [0.2, 0.25) is 11.9 Å². The van der Waals surface area contributed by atoms with Gasteiger partial charge in [0.25, 0.3) is 4.45 Å². The third-order valence-corrected chi connectivity index (χ3v) is 5.96. The van der Waals surface area contributed by atoms with Gasteiger partial charge in [0, 0.05) is 17.3 Å². The molecule has 122 valence electrons. The Kier molecular flexibility index (Phi) is 9.51. The Hall–Kier alpha value is 0.430. The molecule has 21 heavy (non-hydrogen) atoms. The van der Waals surface area contributed by atoms with Crippen molar-refractivity contribution in [2.45, 2.75) is 32.1 Å². The van der Waals surface area contributed by atoms with Crippen LogP contribution in [0.3, 0.4) is 0 Å². The molecule has 0 aliphatic carbocycles. The minimum Gasteiger partial charge on any atom is -0.300 e. The molecule has 2 N–H and O–H groups in total. The number of rotatable bonds is 8. The first kappa shape index (κ1) is 19.5. The Labute approximate surface area is 149 Å². The summed E-state index contributed by atoms with van der Waals surface area (Å²) in [5, 5.41) is 3.23. The van der Waals surface area contributed by atoms with Gasteiger partial charge in [-0.2, -0.15) is 9.98 Å². The number of guanidine groups is 2. The van der Waals surface area contributed by atoms with Crippen LogP contribution in [-0.2, 0) is 0 Å².